The Balaban J connectivity index is 1.60. The van der Waals surface area contributed by atoms with Gasteiger partial charge in [-0.2, -0.15) is 0 Å². The van der Waals surface area contributed by atoms with Gasteiger partial charge >= 0.3 is 0 Å². The monoisotopic (exact) mass is 363 g/mol. The van der Waals surface area contributed by atoms with Gasteiger partial charge in [-0.3, -0.25) is 4.99 Å². The SMILES string of the molecule is CN=C(NCCCOCC1CCOC1)NCc1cccc(OC(C)C)c1. The maximum Gasteiger partial charge on any atom is 0.191 e. The van der Waals surface area contributed by atoms with Crippen molar-refractivity contribution in [1.82, 2.24) is 10.6 Å². The van der Waals surface area contributed by atoms with E-state index < -0.39 is 0 Å². The van der Waals surface area contributed by atoms with Crippen molar-refractivity contribution in [3.63, 3.8) is 0 Å². The lowest BCUT2D eigenvalue weighted by Crippen LogP contribution is -2.37. The fraction of sp³-hybridized carbons (Fsp3) is 0.650. The first-order valence-corrected chi connectivity index (χ1v) is 9.53. The Morgan fingerprint density at radius 1 is 1.35 bits per heavy atom. The van der Waals surface area contributed by atoms with Crippen LogP contribution in [0, 0.1) is 5.92 Å². The summed E-state index contributed by atoms with van der Waals surface area (Å²) in [5.41, 5.74) is 1.16. The van der Waals surface area contributed by atoms with E-state index >= 15 is 0 Å². The molecule has 0 spiro atoms. The Morgan fingerprint density at radius 2 is 2.23 bits per heavy atom. The van der Waals surface area contributed by atoms with Crippen molar-refractivity contribution in [1.29, 1.82) is 0 Å². The third-order valence-electron chi connectivity index (χ3n) is 4.09. The highest BCUT2D eigenvalue weighted by atomic mass is 16.5. The molecule has 1 fully saturated rings. The van der Waals surface area contributed by atoms with Crippen molar-refractivity contribution < 1.29 is 14.2 Å². The molecule has 0 amide bonds. The Bertz CT molecular complexity index is 543. The summed E-state index contributed by atoms with van der Waals surface area (Å²) in [5, 5.41) is 6.65. The lowest BCUT2D eigenvalue weighted by molar-refractivity contribution is 0.0888. The Labute approximate surface area is 157 Å². The van der Waals surface area contributed by atoms with Gasteiger partial charge in [0.25, 0.3) is 0 Å². The van der Waals surface area contributed by atoms with E-state index in [9.17, 15) is 0 Å². The van der Waals surface area contributed by atoms with Gasteiger partial charge in [-0.05, 0) is 44.4 Å². The molecule has 1 heterocycles. The zero-order valence-corrected chi connectivity index (χ0v) is 16.3. The number of hydrogen-bond donors (Lipinski definition) is 2. The molecule has 2 rings (SSSR count). The average Bonchev–Trinajstić information content (AvgIpc) is 3.13. The molecule has 0 aliphatic carbocycles. The van der Waals surface area contributed by atoms with E-state index in [1.165, 1.54) is 0 Å². The van der Waals surface area contributed by atoms with Crippen molar-refractivity contribution in [2.75, 3.05) is 40.0 Å². The molecule has 146 valence electrons. The summed E-state index contributed by atoms with van der Waals surface area (Å²) in [6.45, 7) is 8.88. The third-order valence-corrected chi connectivity index (χ3v) is 4.09. The quantitative estimate of drug-likeness (QED) is 0.380. The number of ether oxygens (including phenoxy) is 3. The Morgan fingerprint density at radius 3 is 2.96 bits per heavy atom. The van der Waals surface area contributed by atoms with Crippen molar-refractivity contribution in [3.05, 3.63) is 29.8 Å². The van der Waals surface area contributed by atoms with Crippen molar-refractivity contribution in [2.45, 2.75) is 39.3 Å². The molecule has 6 heteroatoms. The first-order valence-electron chi connectivity index (χ1n) is 9.53. The van der Waals surface area contributed by atoms with E-state index in [-0.39, 0.29) is 6.10 Å². The zero-order chi connectivity index (χ0) is 18.6. The first-order chi connectivity index (χ1) is 12.7. The second kappa shape index (κ2) is 11.8. The third kappa shape index (κ3) is 8.06. The van der Waals surface area contributed by atoms with E-state index in [0.29, 0.717) is 12.5 Å². The lowest BCUT2D eigenvalue weighted by atomic mass is 10.1. The minimum absolute atomic E-state index is 0.177. The molecule has 0 bridgehead atoms. The minimum Gasteiger partial charge on any atom is -0.491 e. The van der Waals surface area contributed by atoms with E-state index in [1.807, 2.05) is 26.0 Å². The van der Waals surface area contributed by atoms with Crippen LogP contribution < -0.4 is 15.4 Å². The molecule has 6 nitrogen and oxygen atoms in total. The number of rotatable bonds is 10. The molecule has 1 atom stereocenters. The molecule has 1 saturated heterocycles. The number of nitrogens with one attached hydrogen (secondary N) is 2. The van der Waals surface area contributed by atoms with Crippen molar-refractivity contribution in [3.8, 4) is 5.75 Å². The predicted octanol–water partition coefficient (Wildman–Crippen LogP) is 2.58. The molecule has 0 aromatic heterocycles. The summed E-state index contributed by atoms with van der Waals surface area (Å²) in [5.74, 6) is 2.27. The fourth-order valence-corrected chi connectivity index (χ4v) is 2.75. The molecule has 1 unspecified atom stereocenters. The molecule has 1 aromatic carbocycles. The first kappa shape index (κ1) is 20.5. The molecule has 0 radical (unpaired) electrons. The number of hydrogen-bond acceptors (Lipinski definition) is 4. The summed E-state index contributed by atoms with van der Waals surface area (Å²) in [6, 6.07) is 8.13. The van der Waals surface area contributed by atoms with Crippen molar-refractivity contribution >= 4 is 5.96 Å². The number of aliphatic imine (C=N–C) groups is 1. The summed E-state index contributed by atoms with van der Waals surface area (Å²) in [7, 11) is 1.78. The van der Waals surface area contributed by atoms with Crippen LogP contribution in [0.15, 0.2) is 29.3 Å². The molecule has 1 aromatic rings. The van der Waals surface area contributed by atoms with Gasteiger partial charge in [0, 0.05) is 39.3 Å². The largest absolute Gasteiger partial charge is 0.491 e. The van der Waals surface area contributed by atoms with Crippen LogP contribution in [0.5, 0.6) is 5.75 Å². The smallest absolute Gasteiger partial charge is 0.191 e. The average molecular weight is 364 g/mol. The van der Waals surface area contributed by atoms with Gasteiger partial charge < -0.3 is 24.8 Å². The van der Waals surface area contributed by atoms with Crippen LogP contribution >= 0.6 is 0 Å². The highest BCUT2D eigenvalue weighted by Gasteiger charge is 2.15. The van der Waals surface area contributed by atoms with E-state index in [4.69, 9.17) is 14.2 Å². The van der Waals surface area contributed by atoms with Gasteiger partial charge in [-0.25, -0.2) is 0 Å². The van der Waals surface area contributed by atoms with Crippen molar-refractivity contribution in [2.24, 2.45) is 10.9 Å². The van der Waals surface area contributed by atoms with Gasteiger partial charge in [0.15, 0.2) is 5.96 Å². The topological polar surface area (TPSA) is 64.1 Å². The summed E-state index contributed by atoms with van der Waals surface area (Å²) in [4.78, 5) is 4.26. The van der Waals surface area contributed by atoms with Crippen LogP contribution in [-0.4, -0.2) is 52.1 Å². The molecule has 2 N–H and O–H groups in total. The number of nitrogens with zero attached hydrogens (tertiary/aromatic N) is 1. The molecular formula is C20H33N3O3. The Kier molecular flexibility index (Phi) is 9.28. The molecule has 0 saturated carbocycles. The highest BCUT2D eigenvalue weighted by Crippen LogP contribution is 2.14. The molecule has 26 heavy (non-hydrogen) atoms. The summed E-state index contributed by atoms with van der Waals surface area (Å²) in [6.07, 6.45) is 2.25. The van der Waals surface area contributed by atoms with Crippen LogP contribution in [0.3, 0.4) is 0 Å². The van der Waals surface area contributed by atoms with E-state index in [0.717, 1.165) is 63.1 Å². The zero-order valence-electron chi connectivity index (χ0n) is 16.3. The normalized spacial score (nSPS) is 17.5. The second-order valence-electron chi connectivity index (χ2n) is 6.82. The van der Waals surface area contributed by atoms with Gasteiger partial charge in [-0.15, -0.1) is 0 Å². The Hall–Kier alpha value is -1.79. The molecular weight excluding hydrogens is 330 g/mol. The van der Waals surface area contributed by atoms with Gasteiger partial charge in [0.2, 0.25) is 0 Å². The van der Waals surface area contributed by atoms with Gasteiger partial charge in [-0.1, -0.05) is 12.1 Å². The van der Waals surface area contributed by atoms with Gasteiger partial charge in [0.05, 0.1) is 19.3 Å². The maximum atomic E-state index is 5.73. The molecule has 1 aliphatic heterocycles. The lowest BCUT2D eigenvalue weighted by Gasteiger charge is -2.14. The summed E-state index contributed by atoms with van der Waals surface area (Å²) >= 11 is 0. The predicted molar refractivity (Wildman–Crippen MR) is 105 cm³/mol. The van der Waals surface area contributed by atoms with Crippen LogP contribution in [0.4, 0.5) is 0 Å². The van der Waals surface area contributed by atoms with Crippen LogP contribution in [0.2, 0.25) is 0 Å². The van der Waals surface area contributed by atoms with E-state index in [1.54, 1.807) is 7.05 Å². The number of guanidine groups is 1. The van der Waals surface area contributed by atoms with Crippen LogP contribution in [0.1, 0.15) is 32.3 Å². The van der Waals surface area contributed by atoms with Gasteiger partial charge in [0.1, 0.15) is 5.75 Å². The number of benzene rings is 1. The second-order valence-corrected chi connectivity index (χ2v) is 6.82. The maximum absolute atomic E-state index is 5.73. The van der Waals surface area contributed by atoms with Crippen LogP contribution in [-0.2, 0) is 16.0 Å². The summed E-state index contributed by atoms with van der Waals surface area (Å²) < 4.78 is 16.8. The fourth-order valence-electron chi connectivity index (χ4n) is 2.75. The standard InChI is InChI=1S/C20H33N3O3/c1-16(2)26-19-7-4-6-17(12-19)13-23-20(21-3)22-9-5-10-24-14-18-8-11-25-15-18/h4,6-7,12,16,18H,5,8-11,13-15H2,1-3H3,(H2,21,22,23). The molecule has 1 aliphatic rings. The minimum atomic E-state index is 0.177. The van der Waals surface area contributed by atoms with Crippen LogP contribution in [0.25, 0.3) is 0 Å². The highest BCUT2D eigenvalue weighted by molar-refractivity contribution is 5.79. The van der Waals surface area contributed by atoms with E-state index in [2.05, 4.69) is 27.8 Å².